The van der Waals surface area contributed by atoms with Crippen molar-refractivity contribution in [1.82, 2.24) is 0 Å². The van der Waals surface area contributed by atoms with E-state index in [1.165, 1.54) is 0 Å². The lowest BCUT2D eigenvalue weighted by molar-refractivity contribution is -0.154. The van der Waals surface area contributed by atoms with E-state index in [2.05, 4.69) is 6.58 Å². The zero-order valence-electron chi connectivity index (χ0n) is 7.97. The predicted molar refractivity (Wildman–Crippen MR) is 52.8 cm³/mol. The van der Waals surface area contributed by atoms with E-state index in [-0.39, 0.29) is 0 Å². The third-order valence-electron chi connectivity index (χ3n) is 1.49. The predicted octanol–water partition coefficient (Wildman–Crippen LogP) is 2.14. The minimum absolute atomic E-state index is 0.492. The standard InChI is InChI=1S/C11H12O3/c1-3-11(12)14-9(2)13-10-7-5-4-6-8-10/h3-9H,1H2,2H3. The molecule has 0 amide bonds. The Labute approximate surface area is 83.0 Å². The van der Waals surface area contributed by atoms with Gasteiger partial charge in [0.1, 0.15) is 5.75 Å². The van der Waals surface area contributed by atoms with Gasteiger partial charge in [0, 0.05) is 13.0 Å². The molecule has 0 N–H and O–H groups in total. The number of hydrogen-bond donors (Lipinski definition) is 0. The molecule has 1 rings (SSSR count). The maximum atomic E-state index is 10.8. The molecule has 14 heavy (non-hydrogen) atoms. The van der Waals surface area contributed by atoms with Gasteiger partial charge in [-0.3, -0.25) is 0 Å². The first-order chi connectivity index (χ1) is 6.72. The van der Waals surface area contributed by atoms with Gasteiger partial charge < -0.3 is 9.47 Å². The molecule has 1 atom stereocenters. The van der Waals surface area contributed by atoms with E-state index in [1.807, 2.05) is 18.2 Å². The van der Waals surface area contributed by atoms with Gasteiger partial charge in [-0.15, -0.1) is 0 Å². The monoisotopic (exact) mass is 192 g/mol. The van der Waals surface area contributed by atoms with Crippen molar-refractivity contribution in [3.63, 3.8) is 0 Å². The topological polar surface area (TPSA) is 35.5 Å². The van der Waals surface area contributed by atoms with E-state index in [0.29, 0.717) is 5.75 Å². The summed E-state index contributed by atoms with van der Waals surface area (Å²) in [6.45, 7) is 4.94. The number of ether oxygens (including phenoxy) is 2. The molecule has 0 bridgehead atoms. The largest absolute Gasteiger partial charge is 0.455 e. The van der Waals surface area contributed by atoms with Crippen LogP contribution in [0.1, 0.15) is 6.92 Å². The van der Waals surface area contributed by atoms with E-state index in [4.69, 9.17) is 9.47 Å². The van der Waals surface area contributed by atoms with Crippen molar-refractivity contribution < 1.29 is 14.3 Å². The Hall–Kier alpha value is -1.77. The highest BCUT2D eigenvalue weighted by molar-refractivity contribution is 5.81. The van der Waals surface area contributed by atoms with Crippen molar-refractivity contribution in [3.8, 4) is 5.75 Å². The molecule has 0 aliphatic rings. The highest BCUT2D eigenvalue weighted by Crippen LogP contribution is 2.11. The summed E-state index contributed by atoms with van der Waals surface area (Å²) in [5.41, 5.74) is 0. The van der Waals surface area contributed by atoms with Crippen molar-refractivity contribution in [2.75, 3.05) is 0 Å². The van der Waals surface area contributed by atoms with Gasteiger partial charge in [0.25, 0.3) is 0 Å². The average molecular weight is 192 g/mol. The number of esters is 1. The summed E-state index contributed by atoms with van der Waals surface area (Å²) < 4.78 is 10.1. The molecule has 1 aromatic rings. The fourth-order valence-corrected chi connectivity index (χ4v) is 0.926. The molecule has 0 heterocycles. The van der Waals surface area contributed by atoms with Gasteiger partial charge in [-0.1, -0.05) is 24.8 Å². The van der Waals surface area contributed by atoms with Crippen molar-refractivity contribution in [3.05, 3.63) is 43.0 Å². The zero-order valence-corrected chi connectivity index (χ0v) is 7.97. The summed E-state index contributed by atoms with van der Waals surface area (Å²) >= 11 is 0. The molecule has 0 saturated heterocycles. The van der Waals surface area contributed by atoms with Crippen LogP contribution in [0, 0.1) is 0 Å². The molecule has 74 valence electrons. The van der Waals surface area contributed by atoms with Gasteiger partial charge in [-0.2, -0.15) is 0 Å². The Kier molecular flexibility index (Phi) is 3.73. The number of benzene rings is 1. The lowest BCUT2D eigenvalue weighted by Crippen LogP contribution is -2.19. The van der Waals surface area contributed by atoms with E-state index in [9.17, 15) is 4.79 Å². The van der Waals surface area contributed by atoms with Crippen LogP contribution in [-0.2, 0) is 9.53 Å². The summed E-state index contributed by atoms with van der Waals surface area (Å²) in [6.07, 6.45) is 0.494. The number of hydrogen-bond acceptors (Lipinski definition) is 3. The van der Waals surface area contributed by atoms with Crippen LogP contribution < -0.4 is 4.74 Å². The molecule has 0 aliphatic heterocycles. The maximum Gasteiger partial charge on any atom is 0.333 e. The van der Waals surface area contributed by atoms with Crippen LogP contribution in [0.2, 0.25) is 0 Å². The Bertz CT molecular complexity index is 306. The summed E-state index contributed by atoms with van der Waals surface area (Å²) in [5, 5.41) is 0. The second kappa shape index (κ2) is 5.07. The van der Waals surface area contributed by atoms with Crippen molar-refractivity contribution in [2.24, 2.45) is 0 Å². The van der Waals surface area contributed by atoms with Gasteiger partial charge in [0.15, 0.2) is 0 Å². The summed E-state index contributed by atoms with van der Waals surface area (Å²) in [6, 6.07) is 9.15. The van der Waals surface area contributed by atoms with Crippen LogP contribution in [-0.4, -0.2) is 12.3 Å². The Morgan fingerprint density at radius 3 is 2.64 bits per heavy atom. The third kappa shape index (κ3) is 3.31. The molecular weight excluding hydrogens is 180 g/mol. The fourth-order valence-electron chi connectivity index (χ4n) is 0.926. The normalized spacial score (nSPS) is 11.5. The van der Waals surface area contributed by atoms with Crippen LogP contribution >= 0.6 is 0 Å². The molecule has 0 spiro atoms. The number of rotatable bonds is 4. The molecule has 3 nitrogen and oxygen atoms in total. The van der Waals surface area contributed by atoms with E-state index < -0.39 is 12.3 Å². The van der Waals surface area contributed by atoms with Crippen molar-refractivity contribution in [1.29, 1.82) is 0 Å². The summed E-state index contributed by atoms with van der Waals surface area (Å²) in [5.74, 6) is 0.172. The van der Waals surface area contributed by atoms with E-state index in [0.717, 1.165) is 6.08 Å². The van der Waals surface area contributed by atoms with Crippen LogP contribution in [0.25, 0.3) is 0 Å². The molecule has 0 aliphatic carbocycles. The lowest BCUT2D eigenvalue weighted by atomic mass is 10.3. The SMILES string of the molecule is C=CC(=O)OC(C)Oc1ccccc1. The highest BCUT2D eigenvalue weighted by atomic mass is 16.7. The van der Waals surface area contributed by atoms with E-state index in [1.54, 1.807) is 19.1 Å². The van der Waals surface area contributed by atoms with Crippen LogP contribution in [0.5, 0.6) is 5.75 Å². The van der Waals surface area contributed by atoms with Gasteiger partial charge in [-0.05, 0) is 12.1 Å². The summed E-state index contributed by atoms with van der Waals surface area (Å²) in [7, 11) is 0. The second-order valence-corrected chi connectivity index (χ2v) is 2.64. The zero-order chi connectivity index (χ0) is 10.4. The fraction of sp³-hybridized carbons (Fsp3) is 0.182. The quantitative estimate of drug-likeness (QED) is 0.416. The van der Waals surface area contributed by atoms with Gasteiger partial charge in [0.2, 0.25) is 6.29 Å². The number of carbonyl (C=O) groups excluding carboxylic acids is 1. The molecule has 3 heteroatoms. The van der Waals surface area contributed by atoms with Crippen LogP contribution in [0.3, 0.4) is 0 Å². The molecule has 0 fully saturated rings. The first-order valence-corrected chi connectivity index (χ1v) is 4.27. The third-order valence-corrected chi connectivity index (χ3v) is 1.49. The molecular formula is C11H12O3. The maximum absolute atomic E-state index is 10.8. The lowest BCUT2D eigenvalue weighted by Gasteiger charge is -2.13. The summed E-state index contributed by atoms with van der Waals surface area (Å²) in [4.78, 5) is 10.8. The van der Waals surface area contributed by atoms with Gasteiger partial charge in [0.05, 0.1) is 0 Å². The van der Waals surface area contributed by atoms with Gasteiger partial charge >= 0.3 is 5.97 Å². The minimum Gasteiger partial charge on any atom is -0.455 e. The van der Waals surface area contributed by atoms with Gasteiger partial charge in [-0.25, -0.2) is 4.79 Å². The smallest absolute Gasteiger partial charge is 0.333 e. The average Bonchev–Trinajstić information content (AvgIpc) is 2.19. The molecule has 0 radical (unpaired) electrons. The Morgan fingerprint density at radius 2 is 2.07 bits per heavy atom. The number of carbonyl (C=O) groups is 1. The first kappa shape index (κ1) is 10.3. The molecule has 1 aromatic carbocycles. The molecule has 0 aromatic heterocycles. The minimum atomic E-state index is -0.608. The highest BCUT2D eigenvalue weighted by Gasteiger charge is 2.06. The Balaban J connectivity index is 2.45. The molecule has 1 unspecified atom stereocenters. The van der Waals surface area contributed by atoms with Crippen molar-refractivity contribution in [2.45, 2.75) is 13.2 Å². The van der Waals surface area contributed by atoms with E-state index >= 15 is 0 Å². The molecule has 0 saturated carbocycles. The van der Waals surface area contributed by atoms with Crippen molar-refractivity contribution >= 4 is 5.97 Å². The Morgan fingerprint density at radius 1 is 1.43 bits per heavy atom. The second-order valence-electron chi connectivity index (χ2n) is 2.64. The van der Waals surface area contributed by atoms with Crippen LogP contribution in [0.15, 0.2) is 43.0 Å². The number of para-hydroxylation sites is 1. The van der Waals surface area contributed by atoms with Crippen LogP contribution in [0.4, 0.5) is 0 Å². The first-order valence-electron chi connectivity index (χ1n) is 4.27.